The van der Waals surface area contributed by atoms with Gasteiger partial charge < -0.3 is 19.3 Å². The van der Waals surface area contributed by atoms with Crippen LogP contribution >= 0.6 is 0 Å². The van der Waals surface area contributed by atoms with Crippen molar-refractivity contribution in [3.05, 3.63) is 29.8 Å². The van der Waals surface area contributed by atoms with Crippen molar-refractivity contribution < 1.29 is 19.3 Å². The minimum Gasteiger partial charge on any atom is -0.494 e. The molecule has 0 aliphatic rings. The molecular formula is C15H24O4. The molecule has 4 heteroatoms. The summed E-state index contributed by atoms with van der Waals surface area (Å²) < 4.78 is 15.8. The topological polar surface area (TPSA) is 47.9 Å². The van der Waals surface area contributed by atoms with Crippen LogP contribution in [0.4, 0.5) is 0 Å². The Kier molecular flexibility index (Phi) is 6.28. The lowest BCUT2D eigenvalue weighted by molar-refractivity contribution is -0.142. The Morgan fingerprint density at radius 2 is 1.74 bits per heavy atom. The number of hydrogen-bond acceptors (Lipinski definition) is 4. The van der Waals surface area contributed by atoms with Crippen molar-refractivity contribution in [1.29, 1.82) is 0 Å². The van der Waals surface area contributed by atoms with E-state index in [1.165, 1.54) is 0 Å². The summed E-state index contributed by atoms with van der Waals surface area (Å²) in [4.78, 5) is 0. The van der Waals surface area contributed by atoms with Crippen LogP contribution < -0.4 is 4.74 Å². The van der Waals surface area contributed by atoms with Crippen LogP contribution in [0.15, 0.2) is 24.3 Å². The van der Waals surface area contributed by atoms with Crippen LogP contribution in [0.2, 0.25) is 0 Å². The molecule has 0 aliphatic heterocycles. The van der Waals surface area contributed by atoms with Crippen molar-refractivity contribution in [2.45, 2.75) is 38.6 Å². The highest BCUT2D eigenvalue weighted by Crippen LogP contribution is 2.28. The molecule has 0 aromatic heterocycles. The molecule has 108 valence electrons. The second-order valence-electron chi connectivity index (χ2n) is 4.75. The Labute approximate surface area is 115 Å². The van der Waals surface area contributed by atoms with Crippen molar-refractivity contribution in [3.8, 4) is 5.75 Å². The van der Waals surface area contributed by atoms with Gasteiger partial charge >= 0.3 is 0 Å². The van der Waals surface area contributed by atoms with Crippen molar-refractivity contribution in [3.63, 3.8) is 0 Å². The average Bonchev–Trinajstić information content (AvgIpc) is 2.43. The molecule has 0 saturated heterocycles. The van der Waals surface area contributed by atoms with Gasteiger partial charge in [-0.1, -0.05) is 19.1 Å². The second-order valence-corrected chi connectivity index (χ2v) is 4.75. The van der Waals surface area contributed by atoms with Crippen LogP contribution in [0.25, 0.3) is 0 Å². The average molecular weight is 268 g/mol. The van der Waals surface area contributed by atoms with E-state index in [1.807, 2.05) is 24.3 Å². The maximum atomic E-state index is 10.5. The third kappa shape index (κ3) is 4.82. The zero-order valence-electron chi connectivity index (χ0n) is 12.2. The van der Waals surface area contributed by atoms with E-state index in [4.69, 9.17) is 14.2 Å². The Balaban J connectivity index is 2.72. The standard InChI is InChI=1S/C15H24O4/c1-5-10-19-13-8-6-12(7-9-13)15(2,16)11-14(17-3)18-4/h6-9,14,16H,5,10-11H2,1-4H3. The highest BCUT2D eigenvalue weighted by atomic mass is 16.7. The Hall–Kier alpha value is -1.10. The predicted octanol–water partition coefficient (Wildman–Crippen LogP) is 2.69. The highest BCUT2D eigenvalue weighted by molar-refractivity contribution is 5.30. The first-order chi connectivity index (χ1) is 9.03. The number of aliphatic hydroxyl groups is 1. The van der Waals surface area contributed by atoms with Gasteiger partial charge in [0.2, 0.25) is 0 Å². The fourth-order valence-electron chi connectivity index (χ4n) is 1.84. The van der Waals surface area contributed by atoms with Gasteiger partial charge in [0.1, 0.15) is 5.75 Å². The summed E-state index contributed by atoms with van der Waals surface area (Å²) in [5.41, 5.74) is -0.185. The van der Waals surface area contributed by atoms with Gasteiger partial charge in [0.05, 0.1) is 12.2 Å². The van der Waals surface area contributed by atoms with E-state index in [0.717, 1.165) is 17.7 Å². The van der Waals surface area contributed by atoms with Gasteiger partial charge in [0.15, 0.2) is 6.29 Å². The molecule has 0 saturated carbocycles. The van der Waals surface area contributed by atoms with E-state index in [1.54, 1.807) is 21.1 Å². The first-order valence-corrected chi connectivity index (χ1v) is 6.54. The Morgan fingerprint density at radius 1 is 1.16 bits per heavy atom. The van der Waals surface area contributed by atoms with Gasteiger partial charge in [0, 0.05) is 20.6 Å². The minimum absolute atomic E-state index is 0.370. The lowest BCUT2D eigenvalue weighted by atomic mass is 9.92. The molecule has 0 fully saturated rings. The summed E-state index contributed by atoms with van der Waals surface area (Å²) in [5.74, 6) is 0.816. The van der Waals surface area contributed by atoms with Gasteiger partial charge in [-0.05, 0) is 31.0 Å². The lowest BCUT2D eigenvalue weighted by Gasteiger charge is -2.27. The Bertz CT molecular complexity index is 355. The van der Waals surface area contributed by atoms with Crippen molar-refractivity contribution in [1.82, 2.24) is 0 Å². The van der Waals surface area contributed by atoms with Crippen LogP contribution in [0.5, 0.6) is 5.75 Å². The number of ether oxygens (including phenoxy) is 3. The van der Waals surface area contributed by atoms with Crippen molar-refractivity contribution in [2.75, 3.05) is 20.8 Å². The first-order valence-electron chi connectivity index (χ1n) is 6.54. The third-order valence-corrected chi connectivity index (χ3v) is 3.04. The summed E-state index contributed by atoms with van der Waals surface area (Å²) in [6, 6.07) is 7.48. The summed E-state index contributed by atoms with van der Waals surface area (Å²) in [7, 11) is 3.12. The molecule has 1 aromatic rings. The second kappa shape index (κ2) is 7.48. The third-order valence-electron chi connectivity index (χ3n) is 3.04. The van der Waals surface area contributed by atoms with Gasteiger partial charge in [-0.15, -0.1) is 0 Å². The zero-order valence-corrected chi connectivity index (χ0v) is 12.2. The Morgan fingerprint density at radius 3 is 2.21 bits per heavy atom. The fourth-order valence-corrected chi connectivity index (χ4v) is 1.84. The molecule has 0 radical (unpaired) electrons. The smallest absolute Gasteiger partial charge is 0.159 e. The van der Waals surface area contributed by atoms with Crippen molar-refractivity contribution >= 4 is 0 Å². The molecule has 19 heavy (non-hydrogen) atoms. The fraction of sp³-hybridized carbons (Fsp3) is 0.600. The summed E-state index contributed by atoms with van der Waals surface area (Å²) in [6.07, 6.45) is 0.920. The molecule has 1 unspecified atom stereocenters. The molecule has 0 spiro atoms. The SMILES string of the molecule is CCCOc1ccc(C(C)(O)CC(OC)OC)cc1. The molecule has 1 rings (SSSR count). The zero-order chi connectivity index (χ0) is 14.3. The number of rotatable bonds is 8. The molecular weight excluding hydrogens is 244 g/mol. The van der Waals surface area contributed by atoms with E-state index < -0.39 is 11.9 Å². The van der Waals surface area contributed by atoms with Gasteiger partial charge in [-0.3, -0.25) is 0 Å². The van der Waals surface area contributed by atoms with Crippen LogP contribution in [0, 0.1) is 0 Å². The van der Waals surface area contributed by atoms with Crippen LogP contribution in [0.1, 0.15) is 32.3 Å². The lowest BCUT2D eigenvalue weighted by Crippen LogP contribution is -2.29. The molecule has 0 amide bonds. The van der Waals surface area contributed by atoms with Crippen LogP contribution in [0.3, 0.4) is 0 Å². The minimum atomic E-state index is -1.00. The van der Waals surface area contributed by atoms with E-state index >= 15 is 0 Å². The molecule has 0 heterocycles. The first kappa shape index (κ1) is 16.0. The highest BCUT2D eigenvalue weighted by Gasteiger charge is 2.27. The van der Waals surface area contributed by atoms with E-state index in [-0.39, 0.29) is 0 Å². The van der Waals surface area contributed by atoms with Crippen LogP contribution in [-0.4, -0.2) is 32.2 Å². The number of methoxy groups -OCH3 is 2. The summed E-state index contributed by atoms with van der Waals surface area (Å²) >= 11 is 0. The largest absolute Gasteiger partial charge is 0.494 e. The number of benzene rings is 1. The van der Waals surface area contributed by atoms with Gasteiger partial charge in [-0.25, -0.2) is 0 Å². The van der Waals surface area contributed by atoms with Crippen LogP contribution in [-0.2, 0) is 15.1 Å². The molecule has 1 aromatic carbocycles. The van der Waals surface area contributed by atoms with E-state index in [2.05, 4.69) is 6.92 Å². The molecule has 1 atom stereocenters. The molecule has 4 nitrogen and oxygen atoms in total. The number of hydrogen-bond donors (Lipinski definition) is 1. The predicted molar refractivity (Wildman–Crippen MR) is 74.2 cm³/mol. The summed E-state index contributed by atoms with van der Waals surface area (Å²) in [5, 5.41) is 10.5. The quantitative estimate of drug-likeness (QED) is 0.736. The van der Waals surface area contributed by atoms with Gasteiger partial charge in [-0.2, -0.15) is 0 Å². The maximum absolute atomic E-state index is 10.5. The normalized spacial score (nSPS) is 14.4. The van der Waals surface area contributed by atoms with E-state index in [0.29, 0.717) is 13.0 Å². The van der Waals surface area contributed by atoms with Crippen molar-refractivity contribution in [2.24, 2.45) is 0 Å². The van der Waals surface area contributed by atoms with E-state index in [9.17, 15) is 5.11 Å². The molecule has 1 N–H and O–H groups in total. The maximum Gasteiger partial charge on any atom is 0.159 e. The monoisotopic (exact) mass is 268 g/mol. The molecule has 0 aliphatic carbocycles. The summed E-state index contributed by atoms with van der Waals surface area (Å²) in [6.45, 7) is 4.51. The van der Waals surface area contributed by atoms with Gasteiger partial charge in [0.25, 0.3) is 0 Å². The molecule has 0 bridgehead atoms.